The van der Waals surface area contributed by atoms with E-state index in [0.717, 1.165) is 12.8 Å². The molecule has 2 heterocycles. The molecule has 2 rings (SSSR count). The summed E-state index contributed by atoms with van der Waals surface area (Å²) in [5.41, 5.74) is 2.14. The Bertz CT molecular complexity index is 447. The van der Waals surface area contributed by atoms with Crippen LogP contribution in [-0.2, 0) is 0 Å². The summed E-state index contributed by atoms with van der Waals surface area (Å²) in [7, 11) is 0. The number of nitrogen functional groups attached to an aromatic ring is 1. The van der Waals surface area contributed by atoms with E-state index in [2.05, 4.69) is 10.4 Å². The van der Waals surface area contributed by atoms with Crippen molar-refractivity contribution in [1.82, 2.24) is 9.88 Å². The number of amides is 1. The van der Waals surface area contributed by atoms with Gasteiger partial charge < -0.3 is 15.4 Å². The quantitative estimate of drug-likeness (QED) is 0.520. The molecule has 0 spiro atoms. The van der Waals surface area contributed by atoms with Crippen LogP contribution < -0.4 is 11.3 Å². The highest BCUT2D eigenvalue weighted by Crippen LogP contribution is 2.22. The van der Waals surface area contributed by atoms with Gasteiger partial charge in [0.15, 0.2) is 0 Å². The number of carbonyl (C=O) groups excluding carboxylic acids is 1. The Labute approximate surface area is 106 Å². The summed E-state index contributed by atoms with van der Waals surface area (Å²) in [6.07, 6.45) is 3.07. The van der Waals surface area contributed by atoms with Crippen LogP contribution in [0.3, 0.4) is 0 Å². The molecule has 1 aromatic rings. The van der Waals surface area contributed by atoms with Crippen molar-refractivity contribution in [1.29, 1.82) is 0 Å². The molecular weight excluding hydrogens is 232 g/mol. The molecule has 0 saturated carbocycles. The van der Waals surface area contributed by atoms with E-state index in [1.54, 1.807) is 24.0 Å². The minimum absolute atomic E-state index is 0.103. The molecular formula is C12H18N4O2. The first-order chi connectivity index (χ1) is 8.52. The van der Waals surface area contributed by atoms with Gasteiger partial charge in [-0.25, -0.2) is 10.8 Å². The molecule has 1 saturated heterocycles. The van der Waals surface area contributed by atoms with E-state index < -0.39 is 5.60 Å². The van der Waals surface area contributed by atoms with Crippen molar-refractivity contribution in [2.75, 3.05) is 18.5 Å². The molecule has 0 bridgehead atoms. The number of anilines is 1. The van der Waals surface area contributed by atoms with Crippen LogP contribution in [0.25, 0.3) is 0 Å². The van der Waals surface area contributed by atoms with Crippen molar-refractivity contribution in [3.8, 4) is 0 Å². The van der Waals surface area contributed by atoms with E-state index in [0.29, 0.717) is 24.5 Å². The number of carbonyl (C=O) groups is 1. The van der Waals surface area contributed by atoms with Gasteiger partial charge in [-0.2, -0.15) is 0 Å². The van der Waals surface area contributed by atoms with Crippen LogP contribution in [0, 0.1) is 0 Å². The molecule has 0 aromatic carbocycles. The fourth-order valence-corrected chi connectivity index (χ4v) is 2.22. The minimum Gasteiger partial charge on any atom is -0.388 e. The monoisotopic (exact) mass is 250 g/mol. The van der Waals surface area contributed by atoms with Crippen molar-refractivity contribution in [2.45, 2.75) is 25.4 Å². The lowest BCUT2D eigenvalue weighted by Gasteiger charge is -2.36. The van der Waals surface area contributed by atoms with E-state index in [4.69, 9.17) is 5.84 Å². The number of likely N-dealkylation sites (tertiary alicyclic amines) is 1. The predicted molar refractivity (Wildman–Crippen MR) is 67.8 cm³/mol. The molecule has 0 radical (unpaired) electrons. The average Bonchev–Trinajstić information content (AvgIpc) is 2.37. The molecule has 1 aliphatic rings. The van der Waals surface area contributed by atoms with E-state index in [-0.39, 0.29) is 5.91 Å². The third-order valence-electron chi connectivity index (χ3n) is 3.12. The topological polar surface area (TPSA) is 91.5 Å². The lowest BCUT2D eigenvalue weighted by molar-refractivity contribution is -0.0107. The number of hydrogen-bond donors (Lipinski definition) is 3. The Morgan fingerprint density at radius 3 is 3.11 bits per heavy atom. The number of rotatable bonds is 2. The van der Waals surface area contributed by atoms with Crippen LogP contribution in [0.1, 0.15) is 30.1 Å². The molecule has 1 amide bonds. The van der Waals surface area contributed by atoms with Crippen molar-refractivity contribution in [2.24, 2.45) is 5.84 Å². The van der Waals surface area contributed by atoms with Crippen molar-refractivity contribution < 1.29 is 9.90 Å². The molecule has 6 heteroatoms. The minimum atomic E-state index is -0.796. The van der Waals surface area contributed by atoms with Gasteiger partial charge in [-0.1, -0.05) is 0 Å². The zero-order valence-electron chi connectivity index (χ0n) is 10.4. The highest BCUT2D eigenvalue weighted by molar-refractivity contribution is 5.94. The third-order valence-corrected chi connectivity index (χ3v) is 3.12. The van der Waals surface area contributed by atoms with Crippen LogP contribution in [-0.4, -0.2) is 39.6 Å². The molecule has 1 fully saturated rings. The van der Waals surface area contributed by atoms with Gasteiger partial charge >= 0.3 is 0 Å². The molecule has 0 aliphatic carbocycles. The van der Waals surface area contributed by atoms with Crippen LogP contribution in [0.2, 0.25) is 0 Å². The van der Waals surface area contributed by atoms with E-state index in [1.807, 2.05) is 0 Å². The molecule has 18 heavy (non-hydrogen) atoms. The highest BCUT2D eigenvalue weighted by Gasteiger charge is 2.31. The van der Waals surface area contributed by atoms with Gasteiger partial charge in [-0.05, 0) is 31.9 Å². The van der Waals surface area contributed by atoms with Gasteiger partial charge in [-0.3, -0.25) is 4.79 Å². The summed E-state index contributed by atoms with van der Waals surface area (Å²) in [5.74, 6) is 5.61. The summed E-state index contributed by atoms with van der Waals surface area (Å²) in [6, 6.07) is 3.25. The first-order valence-electron chi connectivity index (χ1n) is 5.96. The summed E-state index contributed by atoms with van der Waals surface area (Å²) >= 11 is 0. The van der Waals surface area contributed by atoms with Gasteiger partial charge in [-0.15, -0.1) is 0 Å². The van der Waals surface area contributed by atoms with Crippen LogP contribution in [0.4, 0.5) is 5.82 Å². The Morgan fingerprint density at radius 2 is 2.44 bits per heavy atom. The number of nitrogens with zero attached hydrogens (tertiary/aromatic N) is 2. The summed E-state index contributed by atoms with van der Waals surface area (Å²) in [4.78, 5) is 17.9. The van der Waals surface area contributed by atoms with Gasteiger partial charge in [0.2, 0.25) is 0 Å². The normalized spacial score (nSPS) is 23.8. The highest BCUT2D eigenvalue weighted by atomic mass is 16.3. The molecule has 1 aromatic heterocycles. The standard InChI is InChI=1S/C12H18N4O2/c1-12(18)4-2-6-16(8-12)11(17)9-3-5-14-10(7-9)15-13/h3,5,7,18H,2,4,6,8,13H2,1H3,(H,14,15). The van der Waals surface area contributed by atoms with E-state index >= 15 is 0 Å². The number of nitrogens with one attached hydrogen (secondary N) is 1. The first-order valence-corrected chi connectivity index (χ1v) is 5.96. The number of β-amino-alcohol motifs (C(OH)–C–C–N with tert-alkyl or cyclic N) is 1. The molecule has 1 aliphatic heterocycles. The Kier molecular flexibility index (Phi) is 3.49. The number of nitrogens with two attached hydrogens (primary N) is 1. The average molecular weight is 250 g/mol. The Balaban J connectivity index is 2.15. The lowest BCUT2D eigenvalue weighted by atomic mass is 9.95. The number of aliphatic hydroxyl groups is 1. The fourth-order valence-electron chi connectivity index (χ4n) is 2.22. The van der Waals surface area contributed by atoms with Gasteiger partial charge in [0.25, 0.3) is 5.91 Å². The largest absolute Gasteiger partial charge is 0.388 e. The van der Waals surface area contributed by atoms with Crippen LogP contribution in [0.15, 0.2) is 18.3 Å². The number of hydrogen-bond acceptors (Lipinski definition) is 5. The maximum absolute atomic E-state index is 12.3. The number of hydrazine groups is 1. The van der Waals surface area contributed by atoms with E-state index in [9.17, 15) is 9.90 Å². The van der Waals surface area contributed by atoms with Crippen molar-refractivity contribution >= 4 is 11.7 Å². The van der Waals surface area contributed by atoms with Gasteiger partial charge in [0.1, 0.15) is 5.82 Å². The third kappa shape index (κ3) is 2.77. The maximum atomic E-state index is 12.3. The van der Waals surface area contributed by atoms with Crippen molar-refractivity contribution in [3.05, 3.63) is 23.9 Å². The second-order valence-electron chi connectivity index (χ2n) is 4.90. The van der Waals surface area contributed by atoms with E-state index in [1.165, 1.54) is 6.20 Å². The van der Waals surface area contributed by atoms with Gasteiger partial charge in [0.05, 0.1) is 5.60 Å². The molecule has 6 nitrogen and oxygen atoms in total. The molecule has 98 valence electrons. The zero-order chi connectivity index (χ0) is 13.2. The molecule has 1 unspecified atom stereocenters. The summed E-state index contributed by atoms with van der Waals surface area (Å²) in [5, 5.41) is 10.0. The maximum Gasteiger partial charge on any atom is 0.254 e. The summed E-state index contributed by atoms with van der Waals surface area (Å²) < 4.78 is 0. The smallest absolute Gasteiger partial charge is 0.254 e. The fraction of sp³-hybridized carbons (Fsp3) is 0.500. The summed E-state index contributed by atoms with van der Waals surface area (Å²) in [6.45, 7) is 2.79. The SMILES string of the molecule is CC1(O)CCCN(C(=O)c2ccnc(NN)c2)C1. The van der Waals surface area contributed by atoms with Crippen molar-refractivity contribution in [3.63, 3.8) is 0 Å². The van der Waals surface area contributed by atoms with Crippen LogP contribution in [0.5, 0.6) is 0 Å². The Hall–Kier alpha value is -1.66. The molecule has 4 N–H and O–H groups in total. The molecule has 1 atom stereocenters. The number of aromatic nitrogens is 1. The van der Waals surface area contributed by atoms with Crippen LogP contribution >= 0.6 is 0 Å². The second kappa shape index (κ2) is 4.91. The Morgan fingerprint density at radius 1 is 1.67 bits per heavy atom. The zero-order valence-corrected chi connectivity index (χ0v) is 10.4. The van der Waals surface area contributed by atoms with Gasteiger partial charge in [0, 0.05) is 24.8 Å². The lowest BCUT2D eigenvalue weighted by Crippen LogP contribution is -2.48. The number of pyridine rings is 1. The second-order valence-corrected chi connectivity index (χ2v) is 4.90. The number of piperidine rings is 1. The first kappa shape index (κ1) is 12.8. The predicted octanol–water partition coefficient (Wildman–Crippen LogP) is 0.354.